The van der Waals surface area contributed by atoms with Crippen LogP contribution < -0.4 is 0 Å². The molecule has 0 radical (unpaired) electrons. The molecular formula is C28H45N3O5. The van der Waals surface area contributed by atoms with Crippen molar-refractivity contribution in [1.29, 1.82) is 0 Å². The Bertz CT molecular complexity index is 883. The summed E-state index contributed by atoms with van der Waals surface area (Å²) in [6.45, 7) is 19.2. The summed E-state index contributed by atoms with van der Waals surface area (Å²) in [5.41, 5.74) is -2.33. The van der Waals surface area contributed by atoms with Crippen LogP contribution in [-0.4, -0.2) is 93.1 Å². The van der Waals surface area contributed by atoms with Crippen LogP contribution in [-0.2, 0) is 19.1 Å². The van der Waals surface area contributed by atoms with E-state index in [0.29, 0.717) is 51.9 Å². The number of aliphatic hydroxyl groups excluding tert-OH is 1. The Kier molecular flexibility index (Phi) is 8.40. The van der Waals surface area contributed by atoms with Gasteiger partial charge in [0.25, 0.3) is 0 Å². The van der Waals surface area contributed by atoms with E-state index in [-0.39, 0.29) is 24.3 Å². The second-order valence-corrected chi connectivity index (χ2v) is 11.7. The van der Waals surface area contributed by atoms with Gasteiger partial charge in [-0.25, -0.2) is 0 Å². The molecule has 0 aromatic rings. The Morgan fingerprint density at radius 2 is 1.83 bits per heavy atom. The van der Waals surface area contributed by atoms with Crippen LogP contribution in [0.1, 0.15) is 66.7 Å². The Hall–Kier alpha value is -2.19. The number of fused-ring (bicyclic) bond motifs is 1. The highest BCUT2D eigenvalue weighted by molar-refractivity contribution is 5.99. The summed E-state index contributed by atoms with van der Waals surface area (Å²) in [6.07, 6.45) is 6.47. The van der Waals surface area contributed by atoms with Crippen molar-refractivity contribution in [3.63, 3.8) is 0 Å². The first-order chi connectivity index (χ1) is 16.9. The molecular weight excluding hydrogens is 458 g/mol. The fourth-order valence-electron chi connectivity index (χ4n) is 6.60. The number of nitrogens with zero attached hydrogens (tertiary/aromatic N) is 3. The largest absolute Gasteiger partial charge is 0.396 e. The van der Waals surface area contributed by atoms with Crippen molar-refractivity contribution < 1.29 is 24.2 Å². The van der Waals surface area contributed by atoms with E-state index in [1.165, 1.54) is 0 Å². The lowest BCUT2D eigenvalue weighted by Gasteiger charge is -2.42. The highest BCUT2D eigenvalue weighted by Crippen LogP contribution is 2.63. The van der Waals surface area contributed by atoms with E-state index in [9.17, 15) is 19.5 Å². The molecule has 2 unspecified atom stereocenters. The number of rotatable bonds is 12. The van der Waals surface area contributed by atoms with Gasteiger partial charge >= 0.3 is 0 Å². The van der Waals surface area contributed by atoms with Crippen molar-refractivity contribution in [3.8, 4) is 0 Å². The van der Waals surface area contributed by atoms with Crippen molar-refractivity contribution in [2.24, 2.45) is 11.8 Å². The van der Waals surface area contributed by atoms with E-state index >= 15 is 0 Å². The lowest BCUT2D eigenvalue weighted by atomic mass is 9.66. The zero-order valence-electron chi connectivity index (χ0n) is 22.8. The van der Waals surface area contributed by atoms with Gasteiger partial charge in [0.1, 0.15) is 11.6 Å². The predicted molar refractivity (Wildman–Crippen MR) is 139 cm³/mol. The van der Waals surface area contributed by atoms with Gasteiger partial charge in [0.2, 0.25) is 17.7 Å². The molecule has 3 aliphatic rings. The molecule has 8 heteroatoms. The van der Waals surface area contributed by atoms with Gasteiger partial charge in [-0.3, -0.25) is 14.4 Å². The highest BCUT2D eigenvalue weighted by atomic mass is 16.5. The number of carbonyl (C=O) groups is 3. The maximum Gasteiger partial charge on any atom is 0.249 e. The van der Waals surface area contributed by atoms with Crippen LogP contribution in [0.4, 0.5) is 0 Å². The molecule has 0 saturated carbocycles. The molecule has 0 aliphatic carbocycles. The molecule has 2 bridgehead atoms. The van der Waals surface area contributed by atoms with Crippen LogP contribution >= 0.6 is 0 Å². The number of aliphatic hydroxyl groups is 1. The lowest BCUT2D eigenvalue weighted by molar-refractivity contribution is -0.156. The van der Waals surface area contributed by atoms with E-state index in [1.54, 1.807) is 26.9 Å². The molecule has 3 aliphatic heterocycles. The lowest BCUT2D eigenvalue weighted by Crippen LogP contribution is -2.60. The zero-order valence-corrected chi connectivity index (χ0v) is 22.8. The molecule has 0 aromatic heterocycles. The van der Waals surface area contributed by atoms with Gasteiger partial charge in [0.15, 0.2) is 0 Å². The molecule has 0 aromatic carbocycles. The first kappa shape index (κ1) is 28.4. The predicted octanol–water partition coefficient (Wildman–Crippen LogP) is 2.76. The molecule has 3 heterocycles. The summed E-state index contributed by atoms with van der Waals surface area (Å²) in [7, 11) is 0. The number of unbranched alkanes of at least 4 members (excludes halogenated alkanes) is 1. The molecule has 8 nitrogen and oxygen atoms in total. The first-order valence-corrected chi connectivity index (χ1v) is 13.4. The Morgan fingerprint density at radius 1 is 1.17 bits per heavy atom. The summed E-state index contributed by atoms with van der Waals surface area (Å²) >= 11 is 0. The third-order valence-electron chi connectivity index (χ3n) is 8.13. The van der Waals surface area contributed by atoms with Crippen molar-refractivity contribution in [2.75, 3.05) is 32.8 Å². The Labute approximate surface area is 216 Å². The van der Waals surface area contributed by atoms with Crippen molar-refractivity contribution in [2.45, 2.75) is 89.5 Å². The summed E-state index contributed by atoms with van der Waals surface area (Å²) < 4.78 is 6.73. The Balaban J connectivity index is 2.09. The monoisotopic (exact) mass is 503 g/mol. The number of amides is 3. The molecule has 3 saturated heterocycles. The number of carbonyl (C=O) groups excluding carboxylic acids is 3. The number of ether oxygens (including phenoxy) is 1. The number of likely N-dealkylation sites (tertiary alicyclic amines) is 1. The fraction of sp³-hybridized carbons (Fsp3) is 0.750. The smallest absolute Gasteiger partial charge is 0.249 e. The van der Waals surface area contributed by atoms with Crippen molar-refractivity contribution >= 4 is 17.7 Å². The summed E-state index contributed by atoms with van der Waals surface area (Å²) in [5, 5.41) is 9.35. The zero-order chi connectivity index (χ0) is 26.9. The van der Waals surface area contributed by atoms with Gasteiger partial charge in [-0.1, -0.05) is 19.1 Å². The van der Waals surface area contributed by atoms with E-state index in [4.69, 9.17) is 4.74 Å². The van der Waals surface area contributed by atoms with Gasteiger partial charge in [-0.05, 0) is 59.8 Å². The van der Waals surface area contributed by atoms with Crippen LogP contribution in [0.5, 0.6) is 0 Å². The highest BCUT2D eigenvalue weighted by Gasteiger charge is 2.78. The average molecular weight is 504 g/mol. The number of hydrogen-bond donors (Lipinski definition) is 1. The normalized spacial score (nSPS) is 30.9. The molecule has 1 N–H and O–H groups in total. The minimum atomic E-state index is -1.04. The van der Waals surface area contributed by atoms with Crippen LogP contribution in [0.25, 0.3) is 0 Å². The second-order valence-electron chi connectivity index (χ2n) is 11.7. The SMILES string of the molecule is C=CCN(CCC)C(=O)[C@H]1[C@H]2C(=O)N(CCCCO)C(C(=O)N(CC=C)C(C)(C)C)C23CC[C@]1(C)O3. The van der Waals surface area contributed by atoms with Crippen LogP contribution in [0, 0.1) is 11.8 Å². The van der Waals surface area contributed by atoms with E-state index in [1.807, 2.05) is 34.6 Å². The van der Waals surface area contributed by atoms with Gasteiger partial charge in [0, 0.05) is 38.3 Å². The minimum Gasteiger partial charge on any atom is -0.396 e. The van der Waals surface area contributed by atoms with Crippen LogP contribution in [0.2, 0.25) is 0 Å². The quantitative estimate of drug-likeness (QED) is 0.327. The maximum atomic E-state index is 14.3. The van der Waals surface area contributed by atoms with Gasteiger partial charge in [-0.15, -0.1) is 13.2 Å². The maximum absolute atomic E-state index is 14.3. The van der Waals surface area contributed by atoms with E-state index in [0.717, 1.165) is 6.42 Å². The molecule has 5 atom stereocenters. The standard InChI is InChI=1S/C28H45N3O5/c1-8-15-29(16-9-2)23(33)20-21-24(34)30(18-11-12-19-32)22(28(21)14-13-27(20,7)36-28)25(35)31(17-10-3)26(4,5)6/h8,10,20-22,32H,1,3,9,11-19H2,2,4-7H3/t20-,21+,22?,27+,28?/m1/s1. The number of hydrogen-bond acceptors (Lipinski definition) is 5. The van der Waals surface area contributed by atoms with E-state index in [2.05, 4.69) is 13.2 Å². The molecule has 3 rings (SSSR count). The van der Waals surface area contributed by atoms with Crippen molar-refractivity contribution in [3.05, 3.63) is 25.3 Å². The third kappa shape index (κ3) is 4.62. The molecule has 3 amide bonds. The molecule has 3 fully saturated rings. The fourth-order valence-corrected chi connectivity index (χ4v) is 6.60. The molecule has 1 spiro atoms. The second kappa shape index (κ2) is 10.7. The third-order valence-corrected chi connectivity index (χ3v) is 8.13. The van der Waals surface area contributed by atoms with Crippen LogP contribution in [0.15, 0.2) is 25.3 Å². The Morgan fingerprint density at radius 3 is 2.39 bits per heavy atom. The van der Waals surface area contributed by atoms with Crippen LogP contribution in [0.3, 0.4) is 0 Å². The molecule has 36 heavy (non-hydrogen) atoms. The first-order valence-electron chi connectivity index (χ1n) is 13.4. The van der Waals surface area contributed by atoms with Gasteiger partial charge in [0.05, 0.1) is 17.4 Å². The van der Waals surface area contributed by atoms with Crippen molar-refractivity contribution in [1.82, 2.24) is 14.7 Å². The molecule has 202 valence electrons. The van der Waals surface area contributed by atoms with Gasteiger partial charge in [-0.2, -0.15) is 0 Å². The average Bonchev–Trinajstić information content (AvgIpc) is 3.37. The summed E-state index contributed by atoms with van der Waals surface area (Å²) in [4.78, 5) is 47.5. The van der Waals surface area contributed by atoms with Gasteiger partial charge < -0.3 is 24.5 Å². The summed E-state index contributed by atoms with van der Waals surface area (Å²) in [6, 6.07) is -0.813. The topological polar surface area (TPSA) is 90.4 Å². The summed E-state index contributed by atoms with van der Waals surface area (Å²) in [5.74, 6) is -1.81. The minimum absolute atomic E-state index is 0.0169. The van der Waals surface area contributed by atoms with E-state index < -0.39 is 34.6 Å².